The predicted molar refractivity (Wildman–Crippen MR) is 64.3 cm³/mol. The van der Waals surface area contributed by atoms with Gasteiger partial charge in [0.15, 0.2) is 0 Å². The number of benzene rings is 1. The standard InChI is InChI=1S/C13H15NO3/c15-11-4-1-10(2-5-11)3-6-13(17)14-8-7-12(16)9-14/h1-6,12,15-16H,7-9H2. The molecule has 0 aromatic heterocycles. The van der Waals surface area contributed by atoms with Crippen molar-refractivity contribution >= 4 is 12.0 Å². The molecule has 1 atom stereocenters. The van der Waals surface area contributed by atoms with Crippen LogP contribution in [-0.4, -0.2) is 40.2 Å². The molecule has 0 aliphatic carbocycles. The Morgan fingerprint density at radius 2 is 2.06 bits per heavy atom. The molecule has 1 aliphatic rings. The van der Waals surface area contributed by atoms with Crippen LogP contribution in [0, 0.1) is 0 Å². The van der Waals surface area contributed by atoms with Crippen molar-refractivity contribution in [3.05, 3.63) is 35.9 Å². The Labute approximate surface area is 99.8 Å². The van der Waals surface area contributed by atoms with Gasteiger partial charge < -0.3 is 15.1 Å². The molecular weight excluding hydrogens is 218 g/mol. The maximum Gasteiger partial charge on any atom is 0.246 e. The summed E-state index contributed by atoms with van der Waals surface area (Å²) < 4.78 is 0. The van der Waals surface area contributed by atoms with Crippen LogP contribution in [-0.2, 0) is 4.79 Å². The zero-order chi connectivity index (χ0) is 12.3. The lowest BCUT2D eigenvalue weighted by Gasteiger charge is -2.12. The van der Waals surface area contributed by atoms with Crippen molar-refractivity contribution in [1.29, 1.82) is 0 Å². The Morgan fingerprint density at radius 1 is 1.35 bits per heavy atom. The summed E-state index contributed by atoms with van der Waals surface area (Å²) in [5.41, 5.74) is 0.857. The molecule has 17 heavy (non-hydrogen) atoms. The molecule has 1 fully saturated rings. The van der Waals surface area contributed by atoms with Crippen molar-refractivity contribution in [2.45, 2.75) is 12.5 Å². The SMILES string of the molecule is O=C(C=Cc1ccc(O)cc1)N1CCC(O)C1. The van der Waals surface area contributed by atoms with Gasteiger partial charge in [-0.3, -0.25) is 4.79 Å². The molecule has 1 aliphatic heterocycles. The maximum atomic E-state index is 11.7. The lowest BCUT2D eigenvalue weighted by atomic mass is 10.2. The minimum Gasteiger partial charge on any atom is -0.508 e. The van der Waals surface area contributed by atoms with E-state index in [0.29, 0.717) is 19.5 Å². The number of hydrogen-bond acceptors (Lipinski definition) is 3. The van der Waals surface area contributed by atoms with E-state index < -0.39 is 0 Å². The average Bonchev–Trinajstić information content (AvgIpc) is 2.75. The molecule has 90 valence electrons. The number of phenolic OH excluding ortho intramolecular Hbond substituents is 1. The molecule has 2 N–H and O–H groups in total. The van der Waals surface area contributed by atoms with Crippen LogP contribution >= 0.6 is 0 Å². The summed E-state index contributed by atoms with van der Waals surface area (Å²) in [5, 5.41) is 18.4. The van der Waals surface area contributed by atoms with Gasteiger partial charge in [-0.15, -0.1) is 0 Å². The summed E-state index contributed by atoms with van der Waals surface area (Å²) in [4.78, 5) is 13.3. The van der Waals surface area contributed by atoms with Crippen molar-refractivity contribution in [2.24, 2.45) is 0 Å². The van der Waals surface area contributed by atoms with E-state index in [1.807, 2.05) is 0 Å². The highest BCUT2D eigenvalue weighted by molar-refractivity contribution is 5.92. The highest BCUT2D eigenvalue weighted by Crippen LogP contribution is 2.12. The summed E-state index contributed by atoms with van der Waals surface area (Å²) in [5.74, 6) is 0.116. The third-order valence-electron chi connectivity index (χ3n) is 2.79. The first-order chi connectivity index (χ1) is 8.15. The van der Waals surface area contributed by atoms with Crippen LogP contribution in [0.4, 0.5) is 0 Å². The zero-order valence-electron chi connectivity index (χ0n) is 9.41. The Balaban J connectivity index is 1.96. The minimum atomic E-state index is -0.388. The van der Waals surface area contributed by atoms with Crippen LogP contribution < -0.4 is 0 Å². The fourth-order valence-corrected chi connectivity index (χ4v) is 1.80. The summed E-state index contributed by atoms with van der Waals surface area (Å²) in [6, 6.07) is 6.61. The lowest BCUT2D eigenvalue weighted by molar-refractivity contribution is -0.125. The fourth-order valence-electron chi connectivity index (χ4n) is 1.80. The molecular formula is C13H15NO3. The average molecular weight is 233 g/mol. The van der Waals surface area contributed by atoms with E-state index >= 15 is 0 Å². The normalized spacial score (nSPS) is 20.1. The number of hydrogen-bond donors (Lipinski definition) is 2. The van der Waals surface area contributed by atoms with E-state index in [2.05, 4.69) is 0 Å². The number of nitrogens with zero attached hydrogens (tertiary/aromatic N) is 1. The van der Waals surface area contributed by atoms with Gasteiger partial charge in [-0.1, -0.05) is 12.1 Å². The van der Waals surface area contributed by atoms with Crippen LogP contribution in [0.25, 0.3) is 6.08 Å². The summed E-state index contributed by atoms with van der Waals surface area (Å²) in [7, 11) is 0. The van der Waals surface area contributed by atoms with Crippen molar-refractivity contribution in [3.8, 4) is 5.75 Å². The Kier molecular flexibility index (Phi) is 3.44. The van der Waals surface area contributed by atoms with Crippen molar-refractivity contribution in [2.75, 3.05) is 13.1 Å². The van der Waals surface area contributed by atoms with Crippen molar-refractivity contribution < 1.29 is 15.0 Å². The molecule has 0 spiro atoms. The smallest absolute Gasteiger partial charge is 0.246 e. The van der Waals surface area contributed by atoms with Gasteiger partial charge in [0.25, 0.3) is 0 Å². The molecule has 0 radical (unpaired) electrons. The number of aliphatic hydroxyl groups excluding tert-OH is 1. The van der Waals surface area contributed by atoms with E-state index in [9.17, 15) is 9.90 Å². The highest BCUT2D eigenvalue weighted by atomic mass is 16.3. The number of rotatable bonds is 2. The molecule has 4 nitrogen and oxygen atoms in total. The van der Waals surface area contributed by atoms with Gasteiger partial charge in [0, 0.05) is 19.2 Å². The molecule has 4 heteroatoms. The molecule has 1 amide bonds. The quantitative estimate of drug-likeness (QED) is 0.749. The third kappa shape index (κ3) is 3.07. The number of β-amino-alcohol motifs (C(OH)–C–C–N with tert-alkyl or cyclic N) is 1. The van der Waals surface area contributed by atoms with Gasteiger partial charge in [-0.25, -0.2) is 0 Å². The second kappa shape index (κ2) is 5.01. The molecule has 1 heterocycles. The molecule has 1 unspecified atom stereocenters. The minimum absolute atomic E-state index is 0.0883. The largest absolute Gasteiger partial charge is 0.508 e. The molecule has 1 aromatic rings. The molecule has 2 rings (SSSR count). The molecule has 1 saturated heterocycles. The number of carbonyl (C=O) groups excluding carboxylic acids is 1. The first-order valence-corrected chi connectivity index (χ1v) is 5.59. The third-order valence-corrected chi connectivity index (χ3v) is 2.79. The van der Waals surface area contributed by atoms with Crippen LogP contribution in [0.1, 0.15) is 12.0 Å². The van der Waals surface area contributed by atoms with E-state index in [-0.39, 0.29) is 17.8 Å². The number of phenols is 1. The Bertz CT molecular complexity index is 425. The van der Waals surface area contributed by atoms with Gasteiger partial charge in [0.1, 0.15) is 5.75 Å². The second-order valence-electron chi connectivity index (χ2n) is 4.15. The number of carbonyl (C=O) groups is 1. The molecule has 0 bridgehead atoms. The van der Waals surface area contributed by atoms with Crippen LogP contribution in [0.3, 0.4) is 0 Å². The van der Waals surface area contributed by atoms with Crippen molar-refractivity contribution in [3.63, 3.8) is 0 Å². The second-order valence-corrected chi connectivity index (χ2v) is 4.15. The Morgan fingerprint density at radius 3 is 2.65 bits per heavy atom. The molecule has 1 aromatic carbocycles. The monoisotopic (exact) mass is 233 g/mol. The summed E-state index contributed by atoms with van der Waals surface area (Å²) in [6.07, 6.45) is 3.45. The number of aromatic hydroxyl groups is 1. The topological polar surface area (TPSA) is 60.8 Å². The number of likely N-dealkylation sites (tertiary alicyclic amines) is 1. The number of amides is 1. The summed E-state index contributed by atoms with van der Waals surface area (Å²) >= 11 is 0. The van der Waals surface area contributed by atoms with Gasteiger partial charge >= 0.3 is 0 Å². The van der Waals surface area contributed by atoms with E-state index in [1.165, 1.54) is 6.08 Å². The summed E-state index contributed by atoms with van der Waals surface area (Å²) in [6.45, 7) is 1.03. The first kappa shape index (κ1) is 11.7. The van der Waals surface area contributed by atoms with E-state index in [4.69, 9.17) is 5.11 Å². The van der Waals surface area contributed by atoms with Gasteiger partial charge in [0.05, 0.1) is 6.10 Å². The van der Waals surface area contributed by atoms with Crippen molar-refractivity contribution in [1.82, 2.24) is 4.90 Å². The fraction of sp³-hybridized carbons (Fsp3) is 0.308. The Hall–Kier alpha value is -1.81. The van der Waals surface area contributed by atoms with E-state index in [0.717, 1.165) is 5.56 Å². The first-order valence-electron chi connectivity index (χ1n) is 5.59. The van der Waals surface area contributed by atoms with Crippen LogP contribution in [0.15, 0.2) is 30.3 Å². The van der Waals surface area contributed by atoms with Gasteiger partial charge in [-0.05, 0) is 30.2 Å². The van der Waals surface area contributed by atoms with Gasteiger partial charge in [0.2, 0.25) is 5.91 Å². The molecule has 0 saturated carbocycles. The zero-order valence-corrected chi connectivity index (χ0v) is 9.41. The maximum absolute atomic E-state index is 11.7. The van der Waals surface area contributed by atoms with Crippen LogP contribution in [0.5, 0.6) is 5.75 Å². The predicted octanol–water partition coefficient (Wildman–Crippen LogP) is 0.999. The van der Waals surface area contributed by atoms with Gasteiger partial charge in [-0.2, -0.15) is 0 Å². The number of aliphatic hydroxyl groups is 1. The highest BCUT2D eigenvalue weighted by Gasteiger charge is 2.22. The van der Waals surface area contributed by atoms with Crippen LogP contribution in [0.2, 0.25) is 0 Å². The van der Waals surface area contributed by atoms with E-state index in [1.54, 1.807) is 35.2 Å². The lowest BCUT2D eigenvalue weighted by Crippen LogP contribution is -2.27.